The van der Waals surface area contributed by atoms with Crippen LogP contribution in [0.1, 0.15) is 23.2 Å². The van der Waals surface area contributed by atoms with Crippen molar-refractivity contribution in [2.45, 2.75) is 26.9 Å². The lowest BCUT2D eigenvalue weighted by Crippen LogP contribution is -2.39. The minimum Gasteiger partial charge on any atom is -0.357 e. The van der Waals surface area contributed by atoms with Crippen LogP contribution < -0.4 is 5.32 Å². The van der Waals surface area contributed by atoms with E-state index < -0.39 is 0 Å². The second-order valence-corrected chi connectivity index (χ2v) is 7.38. The molecule has 0 unspecified atom stereocenters. The number of benzene rings is 1. The number of hydrogen-bond acceptors (Lipinski definition) is 4. The number of nitrogens with one attached hydrogen (secondary N) is 1. The zero-order chi connectivity index (χ0) is 18.9. The number of nitrogens with zero attached hydrogens (tertiary/aromatic N) is 4. The van der Waals surface area contributed by atoms with Gasteiger partial charge in [-0.2, -0.15) is 0 Å². The second-order valence-electron chi connectivity index (χ2n) is 6.31. The second kappa shape index (κ2) is 10.2. The topological polar surface area (TPSA) is 43.8 Å². The molecular weight excluding hydrogens is 349 g/mol. The fraction of sp³-hybridized carbons (Fsp3) is 0.474. The Morgan fingerprint density at radius 3 is 2.58 bits per heavy atom. The van der Waals surface area contributed by atoms with E-state index in [2.05, 4.69) is 32.4 Å². The van der Waals surface area contributed by atoms with Crippen LogP contribution in [0.4, 0.5) is 4.39 Å². The molecule has 1 heterocycles. The molecule has 1 aromatic carbocycles. The maximum atomic E-state index is 13.0. The van der Waals surface area contributed by atoms with Crippen LogP contribution in [0.3, 0.4) is 0 Å². The summed E-state index contributed by atoms with van der Waals surface area (Å²) in [6.07, 6.45) is 0. The summed E-state index contributed by atoms with van der Waals surface area (Å²) in [5.41, 5.74) is 2.16. The van der Waals surface area contributed by atoms with E-state index in [1.165, 1.54) is 12.1 Å². The van der Waals surface area contributed by atoms with E-state index >= 15 is 0 Å². The monoisotopic (exact) mass is 377 g/mol. The number of aliphatic imine (C=N–C) groups is 1. The van der Waals surface area contributed by atoms with Crippen LogP contribution in [0.25, 0.3) is 0 Å². The average Bonchev–Trinajstić information content (AvgIpc) is 3.01. The van der Waals surface area contributed by atoms with E-state index in [1.54, 1.807) is 11.3 Å². The highest BCUT2D eigenvalue weighted by atomic mass is 32.1. The van der Waals surface area contributed by atoms with Crippen molar-refractivity contribution in [1.29, 1.82) is 0 Å². The lowest BCUT2D eigenvalue weighted by atomic mass is 10.2. The van der Waals surface area contributed by atoms with E-state index in [0.29, 0.717) is 6.54 Å². The largest absolute Gasteiger partial charge is 0.357 e. The van der Waals surface area contributed by atoms with E-state index in [0.717, 1.165) is 48.4 Å². The van der Waals surface area contributed by atoms with E-state index in [4.69, 9.17) is 4.99 Å². The molecule has 0 atom stereocenters. The van der Waals surface area contributed by atoms with Crippen LogP contribution in [0.15, 0.2) is 34.6 Å². The van der Waals surface area contributed by atoms with Crippen molar-refractivity contribution >= 4 is 17.3 Å². The van der Waals surface area contributed by atoms with Gasteiger partial charge in [0.2, 0.25) is 0 Å². The summed E-state index contributed by atoms with van der Waals surface area (Å²) >= 11 is 1.67. The number of aryl methyl sites for hydroxylation is 1. The van der Waals surface area contributed by atoms with Gasteiger partial charge in [0.1, 0.15) is 5.82 Å². The SMILES string of the molecule is CCNC(=NCCN(C)Cc1ccc(F)cc1)N(C)Cc1csc(C)n1. The normalized spacial score (nSPS) is 11.8. The molecule has 0 amide bonds. The van der Waals surface area contributed by atoms with Crippen molar-refractivity contribution < 1.29 is 4.39 Å². The molecular formula is C19H28FN5S. The molecule has 2 aromatic rings. The molecule has 0 saturated carbocycles. The first-order chi connectivity index (χ1) is 12.5. The summed E-state index contributed by atoms with van der Waals surface area (Å²) < 4.78 is 13.0. The van der Waals surface area contributed by atoms with Crippen LogP contribution in [-0.2, 0) is 13.1 Å². The maximum absolute atomic E-state index is 13.0. The quantitative estimate of drug-likeness (QED) is 0.567. The Bertz CT molecular complexity index is 698. The molecule has 26 heavy (non-hydrogen) atoms. The average molecular weight is 378 g/mol. The molecule has 0 aliphatic heterocycles. The number of guanidine groups is 1. The molecule has 2 rings (SSSR count). The number of hydrogen-bond donors (Lipinski definition) is 1. The lowest BCUT2D eigenvalue weighted by molar-refractivity contribution is 0.335. The summed E-state index contributed by atoms with van der Waals surface area (Å²) in [5, 5.41) is 6.50. The Labute approximate surface area is 159 Å². The van der Waals surface area contributed by atoms with E-state index in [9.17, 15) is 4.39 Å². The van der Waals surface area contributed by atoms with Gasteiger partial charge in [0.15, 0.2) is 5.96 Å². The highest BCUT2D eigenvalue weighted by Gasteiger charge is 2.09. The number of likely N-dealkylation sites (N-methyl/N-ethyl adjacent to an activating group) is 1. The van der Waals surface area contributed by atoms with Crippen molar-refractivity contribution in [2.24, 2.45) is 4.99 Å². The maximum Gasteiger partial charge on any atom is 0.194 e. The Morgan fingerprint density at radius 1 is 1.23 bits per heavy atom. The van der Waals surface area contributed by atoms with Gasteiger partial charge in [0, 0.05) is 32.1 Å². The standard InChI is InChI=1S/C19H28FN5S/c1-5-21-19(25(4)13-18-14-26-15(2)23-18)22-10-11-24(3)12-16-6-8-17(20)9-7-16/h6-9,14H,5,10-13H2,1-4H3,(H,21,22). The summed E-state index contributed by atoms with van der Waals surface area (Å²) in [7, 11) is 4.08. The number of aromatic nitrogens is 1. The predicted molar refractivity (Wildman–Crippen MR) is 107 cm³/mol. The van der Waals surface area contributed by atoms with Crippen molar-refractivity contribution in [2.75, 3.05) is 33.7 Å². The van der Waals surface area contributed by atoms with Crippen molar-refractivity contribution in [3.8, 4) is 0 Å². The van der Waals surface area contributed by atoms with Crippen LogP contribution in [0.5, 0.6) is 0 Å². The van der Waals surface area contributed by atoms with Gasteiger partial charge in [-0.25, -0.2) is 9.37 Å². The first kappa shape index (κ1) is 20.3. The van der Waals surface area contributed by atoms with Crippen LogP contribution in [0.2, 0.25) is 0 Å². The third-order valence-electron chi connectivity index (χ3n) is 3.87. The number of halogens is 1. The molecule has 5 nitrogen and oxygen atoms in total. The number of rotatable bonds is 8. The minimum absolute atomic E-state index is 0.199. The molecule has 0 fully saturated rings. The zero-order valence-corrected chi connectivity index (χ0v) is 16.8. The Kier molecular flexibility index (Phi) is 8.00. The summed E-state index contributed by atoms with van der Waals surface area (Å²) in [6.45, 7) is 7.95. The fourth-order valence-electron chi connectivity index (χ4n) is 2.58. The van der Waals surface area contributed by atoms with Crippen LogP contribution >= 0.6 is 11.3 Å². The van der Waals surface area contributed by atoms with Gasteiger partial charge in [0.25, 0.3) is 0 Å². The van der Waals surface area contributed by atoms with Crippen LogP contribution in [-0.4, -0.2) is 54.5 Å². The Hall–Kier alpha value is -1.99. The lowest BCUT2D eigenvalue weighted by Gasteiger charge is -2.22. The Balaban J connectivity index is 1.85. The van der Waals surface area contributed by atoms with Gasteiger partial charge in [0.05, 0.1) is 23.8 Å². The van der Waals surface area contributed by atoms with Gasteiger partial charge in [-0.3, -0.25) is 4.99 Å². The molecule has 1 aromatic heterocycles. The first-order valence-corrected chi connectivity index (χ1v) is 9.69. The molecule has 0 spiro atoms. The minimum atomic E-state index is -0.199. The summed E-state index contributed by atoms with van der Waals surface area (Å²) in [4.78, 5) is 13.5. The molecule has 7 heteroatoms. The van der Waals surface area contributed by atoms with Crippen molar-refractivity contribution in [3.05, 3.63) is 51.7 Å². The summed E-state index contributed by atoms with van der Waals surface area (Å²) in [5.74, 6) is 0.683. The van der Waals surface area contributed by atoms with Gasteiger partial charge in [-0.1, -0.05) is 12.1 Å². The van der Waals surface area contributed by atoms with Crippen molar-refractivity contribution in [3.63, 3.8) is 0 Å². The summed E-state index contributed by atoms with van der Waals surface area (Å²) in [6, 6.07) is 6.64. The molecule has 0 saturated heterocycles. The van der Waals surface area contributed by atoms with Gasteiger partial charge in [-0.05, 0) is 38.6 Å². The third-order valence-corrected chi connectivity index (χ3v) is 4.69. The smallest absolute Gasteiger partial charge is 0.194 e. The fourth-order valence-corrected chi connectivity index (χ4v) is 3.18. The van der Waals surface area contributed by atoms with E-state index in [1.807, 2.05) is 33.2 Å². The van der Waals surface area contributed by atoms with Crippen molar-refractivity contribution in [1.82, 2.24) is 20.1 Å². The van der Waals surface area contributed by atoms with Gasteiger partial charge in [-0.15, -0.1) is 11.3 Å². The van der Waals surface area contributed by atoms with Gasteiger partial charge < -0.3 is 15.1 Å². The molecule has 0 radical (unpaired) electrons. The van der Waals surface area contributed by atoms with E-state index in [-0.39, 0.29) is 5.82 Å². The molecule has 0 bridgehead atoms. The van der Waals surface area contributed by atoms with Crippen LogP contribution in [0, 0.1) is 12.7 Å². The van der Waals surface area contributed by atoms with Gasteiger partial charge >= 0.3 is 0 Å². The molecule has 0 aliphatic rings. The molecule has 1 N–H and O–H groups in total. The zero-order valence-electron chi connectivity index (χ0n) is 16.0. The molecule has 142 valence electrons. The highest BCUT2D eigenvalue weighted by molar-refractivity contribution is 7.09. The third kappa shape index (κ3) is 6.72. The predicted octanol–water partition coefficient (Wildman–Crippen LogP) is 3.12. The Morgan fingerprint density at radius 2 is 1.96 bits per heavy atom. The highest BCUT2D eigenvalue weighted by Crippen LogP contribution is 2.10. The molecule has 0 aliphatic carbocycles. The first-order valence-electron chi connectivity index (χ1n) is 8.81. The number of thiazole rings is 1.